The number of aromatic hydroxyl groups is 1. The maximum Gasteiger partial charge on any atom is 0.307 e. The minimum absolute atomic E-state index is 0.0377. The Morgan fingerprint density at radius 3 is 2.23 bits per heavy atom. The summed E-state index contributed by atoms with van der Waals surface area (Å²) in [4.78, 5) is 22.1. The van der Waals surface area contributed by atoms with Gasteiger partial charge in [-0.1, -0.05) is 75.9 Å². The molecule has 2 aromatic carbocycles. The van der Waals surface area contributed by atoms with Crippen LogP contribution in [0.4, 0.5) is 0 Å². The number of benzene rings is 2. The molecule has 0 unspecified atom stereocenters. The Hall–Kier alpha value is -3.08. The molecule has 0 radical (unpaired) electrons. The van der Waals surface area contributed by atoms with Crippen LogP contribution in [0, 0.1) is 0 Å². The van der Waals surface area contributed by atoms with Gasteiger partial charge in [0.1, 0.15) is 11.5 Å². The van der Waals surface area contributed by atoms with Crippen LogP contribution in [0.3, 0.4) is 0 Å². The van der Waals surface area contributed by atoms with Crippen LogP contribution in [0.5, 0.6) is 11.5 Å². The largest absolute Gasteiger partial charge is 0.507 e. The normalized spacial score (nSPS) is 9.80. The topological polar surface area (TPSA) is 72.8 Å². The van der Waals surface area contributed by atoms with Crippen molar-refractivity contribution in [3.63, 3.8) is 0 Å². The average molecular weight is 413 g/mol. The molecule has 0 saturated heterocycles. The lowest BCUT2D eigenvalue weighted by atomic mass is 10.0. The molecule has 0 amide bonds. The second-order valence-electron chi connectivity index (χ2n) is 6.77. The third-order valence-corrected chi connectivity index (χ3v) is 4.27. The molecule has 30 heavy (non-hydrogen) atoms. The Morgan fingerprint density at radius 2 is 1.67 bits per heavy atom. The zero-order valence-corrected chi connectivity index (χ0v) is 17.9. The Balaban J connectivity index is 0.000000656. The van der Waals surface area contributed by atoms with Crippen molar-refractivity contribution in [1.29, 1.82) is 0 Å². The van der Waals surface area contributed by atoms with E-state index in [0.29, 0.717) is 23.5 Å². The zero-order valence-electron chi connectivity index (χ0n) is 17.9. The van der Waals surface area contributed by atoms with Crippen molar-refractivity contribution < 1.29 is 24.2 Å². The average Bonchev–Trinajstić information content (AvgIpc) is 2.74. The van der Waals surface area contributed by atoms with Gasteiger partial charge in [-0.15, -0.1) is 0 Å². The van der Waals surface area contributed by atoms with Crippen molar-refractivity contribution in [3.05, 3.63) is 72.5 Å². The number of rotatable bonds is 11. The van der Waals surface area contributed by atoms with E-state index in [9.17, 15) is 14.7 Å². The number of carbonyl (C=O) groups excluding carboxylic acids is 2. The monoisotopic (exact) mass is 412 g/mol. The molecule has 1 N–H and O–H groups in total. The molecule has 2 rings (SSSR count). The highest BCUT2D eigenvalue weighted by Crippen LogP contribution is 2.26. The SMILES string of the molecule is C=COC(C)=O.CCCCCCCCOc1ccc(C(=O)c2ccccc2)c(O)c1. The number of carbonyl (C=O) groups is 2. The highest BCUT2D eigenvalue weighted by molar-refractivity contribution is 6.10. The summed E-state index contributed by atoms with van der Waals surface area (Å²) in [6, 6.07) is 13.8. The lowest BCUT2D eigenvalue weighted by Gasteiger charge is -2.09. The Kier molecular flexibility index (Phi) is 12.4. The third-order valence-electron chi connectivity index (χ3n) is 4.27. The number of ether oxygens (including phenoxy) is 2. The van der Waals surface area contributed by atoms with Gasteiger partial charge in [-0.3, -0.25) is 9.59 Å². The van der Waals surface area contributed by atoms with E-state index in [1.54, 1.807) is 24.3 Å². The van der Waals surface area contributed by atoms with Crippen molar-refractivity contribution in [3.8, 4) is 11.5 Å². The van der Waals surface area contributed by atoms with E-state index in [0.717, 1.165) is 19.1 Å². The van der Waals surface area contributed by atoms with Crippen molar-refractivity contribution >= 4 is 11.8 Å². The Morgan fingerprint density at radius 1 is 1.00 bits per heavy atom. The molecule has 0 bridgehead atoms. The fraction of sp³-hybridized carbons (Fsp3) is 0.360. The predicted molar refractivity (Wildman–Crippen MR) is 119 cm³/mol. The summed E-state index contributed by atoms with van der Waals surface area (Å²) in [7, 11) is 0. The highest BCUT2D eigenvalue weighted by atomic mass is 16.5. The second kappa shape index (κ2) is 14.9. The van der Waals surface area contributed by atoms with Gasteiger partial charge in [-0.05, 0) is 18.6 Å². The van der Waals surface area contributed by atoms with E-state index in [-0.39, 0.29) is 17.5 Å². The van der Waals surface area contributed by atoms with E-state index in [4.69, 9.17) is 4.74 Å². The first-order chi connectivity index (χ1) is 14.5. The zero-order chi connectivity index (χ0) is 22.2. The minimum atomic E-state index is -0.329. The number of esters is 1. The van der Waals surface area contributed by atoms with Gasteiger partial charge in [0.15, 0.2) is 5.78 Å². The fourth-order valence-electron chi connectivity index (χ4n) is 2.73. The van der Waals surface area contributed by atoms with E-state index in [1.165, 1.54) is 38.7 Å². The first-order valence-corrected chi connectivity index (χ1v) is 10.3. The van der Waals surface area contributed by atoms with Crippen LogP contribution in [0.1, 0.15) is 68.3 Å². The second-order valence-corrected chi connectivity index (χ2v) is 6.77. The number of phenols is 1. The van der Waals surface area contributed by atoms with Gasteiger partial charge in [-0.2, -0.15) is 0 Å². The van der Waals surface area contributed by atoms with Gasteiger partial charge in [0, 0.05) is 18.6 Å². The molecule has 0 aliphatic rings. The molecule has 0 spiro atoms. The van der Waals surface area contributed by atoms with Crippen LogP contribution in [0.25, 0.3) is 0 Å². The number of hydrogen-bond donors (Lipinski definition) is 1. The van der Waals surface area contributed by atoms with Gasteiger partial charge in [0.2, 0.25) is 0 Å². The first kappa shape index (κ1) is 25.0. The summed E-state index contributed by atoms with van der Waals surface area (Å²) >= 11 is 0. The summed E-state index contributed by atoms with van der Waals surface area (Å²) in [5.41, 5.74) is 0.863. The Labute approximate surface area is 179 Å². The molecular formula is C25H32O5. The summed E-state index contributed by atoms with van der Waals surface area (Å²) in [6.45, 7) is 7.33. The van der Waals surface area contributed by atoms with Crippen LogP contribution >= 0.6 is 0 Å². The van der Waals surface area contributed by atoms with Crippen molar-refractivity contribution in [2.45, 2.75) is 52.4 Å². The van der Waals surface area contributed by atoms with Gasteiger partial charge < -0.3 is 14.6 Å². The third kappa shape index (κ3) is 9.92. The van der Waals surface area contributed by atoms with Crippen LogP contribution in [-0.2, 0) is 9.53 Å². The Bertz CT molecular complexity index is 783. The molecule has 0 aliphatic carbocycles. The number of phenolic OH excluding ortho intramolecular Hbond substituents is 1. The molecule has 0 saturated carbocycles. The van der Waals surface area contributed by atoms with E-state index in [2.05, 4.69) is 18.2 Å². The molecule has 0 fully saturated rings. The molecule has 5 nitrogen and oxygen atoms in total. The van der Waals surface area contributed by atoms with Gasteiger partial charge in [0.25, 0.3) is 0 Å². The van der Waals surface area contributed by atoms with Crippen LogP contribution in [0.2, 0.25) is 0 Å². The van der Waals surface area contributed by atoms with Gasteiger partial charge in [-0.25, -0.2) is 0 Å². The molecule has 0 aromatic heterocycles. The first-order valence-electron chi connectivity index (χ1n) is 10.3. The standard InChI is InChI=1S/C21H26O3.C4H6O2/c1-2-3-4-5-6-10-15-24-18-13-14-19(20(22)16-18)21(23)17-11-8-7-9-12-17;1-3-6-4(2)5/h7-9,11-14,16,22H,2-6,10,15H2,1H3;3H,1H2,2H3. The lowest BCUT2D eigenvalue weighted by Crippen LogP contribution is -2.02. The lowest BCUT2D eigenvalue weighted by molar-refractivity contribution is -0.135. The molecule has 0 atom stereocenters. The van der Waals surface area contributed by atoms with E-state index >= 15 is 0 Å². The summed E-state index contributed by atoms with van der Waals surface area (Å²) in [5, 5.41) is 10.1. The van der Waals surface area contributed by atoms with Crippen LogP contribution in [0.15, 0.2) is 61.4 Å². The molecule has 5 heteroatoms. The quantitative estimate of drug-likeness (QED) is 0.210. The molecule has 0 aliphatic heterocycles. The van der Waals surface area contributed by atoms with Gasteiger partial charge >= 0.3 is 5.97 Å². The van der Waals surface area contributed by atoms with Gasteiger partial charge in [0.05, 0.1) is 18.4 Å². The molecule has 162 valence electrons. The highest BCUT2D eigenvalue weighted by Gasteiger charge is 2.13. The molecular weight excluding hydrogens is 380 g/mol. The van der Waals surface area contributed by atoms with Crippen molar-refractivity contribution in [2.24, 2.45) is 0 Å². The fourth-order valence-corrected chi connectivity index (χ4v) is 2.73. The summed E-state index contributed by atoms with van der Waals surface area (Å²) < 4.78 is 9.83. The maximum atomic E-state index is 12.4. The summed E-state index contributed by atoms with van der Waals surface area (Å²) in [5.74, 6) is 0.0514. The number of unbranched alkanes of at least 4 members (excludes halogenated alkanes) is 5. The minimum Gasteiger partial charge on any atom is -0.507 e. The summed E-state index contributed by atoms with van der Waals surface area (Å²) in [6.07, 6.45) is 8.35. The maximum absolute atomic E-state index is 12.4. The van der Waals surface area contributed by atoms with Crippen molar-refractivity contribution in [2.75, 3.05) is 6.61 Å². The van der Waals surface area contributed by atoms with Crippen molar-refractivity contribution in [1.82, 2.24) is 0 Å². The number of hydrogen-bond acceptors (Lipinski definition) is 5. The molecule has 0 heterocycles. The van der Waals surface area contributed by atoms with Crippen LogP contribution < -0.4 is 4.74 Å². The number of ketones is 1. The van der Waals surface area contributed by atoms with Crippen LogP contribution in [-0.4, -0.2) is 23.5 Å². The predicted octanol–water partition coefficient (Wildman–Crippen LogP) is 6.06. The smallest absolute Gasteiger partial charge is 0.307 e. The molecule has 2 aromatic rings. The van der Waals surface area contributed by atoms with E-state index in [1.807, 2.05) is 18.2 Å². The van der Waals surface area contributed by atoms with E-state index < -0.39 is 0 Å².